The summed E-state index contributed by atoms with van der Waals surface area (Å²) in [6.45, 7) is 4.41. The van der Waals surface area contributed by atoms with E-state index < -0.39 is 0 Å². The van der Waals surface area contributed by atoms with Crippen molar-refractivity contribution in [1.29, 1.82) is 0 Å². The molecule has 0 saturated carbocycles. The molecule has 22 heavy (non-hydrogen) atoms. The second-order valence-electron chi connectivity index (χ2n) is 6.57. The zero-order valence-corrected chi connectivity index (χ0v) is 14.5. The third kappa shape index (κ3) is 2.21. The molecule has 3 unspecified atom stereocenters. The van der Waals surface area contributed by atoms with E-state index in [1.165, 1.54) is 27.9 Å². The zero-order valence-electron chi connectivity index (χ0n) is 12.9. The summed E-state index contributed by atoms with van der Waals surface area (Å²) in [5.41, 5.74) is 6.92. The van der Waals surface area contributed by atoms with Gasteiger partial charge in [0.1, 0.15) is 0 Å². The number of aryl methyl sites for hydroxylation is 2. The molecule has 1 aliphatic carbocycles. The van der Waals surface area contributed by atoms with Crippen LogP contribution in [0, 0.1) is 19.8 Å². The van der Waals surface area contributed by atoms with Gasteiger partial charge in [-0.3, -0.25) is 0 Å². The summed E-state index contributed by atoms with van der Waals surface area (Å²) in [6.07, 6.45) is 5.93. The van der Waals surface area contributed by atoms with Crippen molar-refractivity contribution in [1.82, 2.24) is 0 Å². The lowest BCUT2D eigenvalue weighted by molar-refractivity contribution is 0.425. The van der Waals surface area contributed by atoms with Crippen molar-refractivity contribution in [2.24, 2.45) is 5.92 Å². The molecule has 0 saturated heterocycles. The highest BCUT2D eigenvalue weighted by Crippen LogP contribution is 2.50. The van der Waals surface area contributed by atoms with Crippen LogP contribution in [0.25, 0.3) is 0 Å². The second-order valence-corrected chi connectivity index (χ2v) is 7.49. The predicted molar refractivity (Wildman–Crippen MR) is 96.4 cm³/mol. The summed E-state index contributed by atoms with van der Waals surface area (Å²) >= 11 is 3.54. The Hall–Kier alpha value is -1.54. The number of rotatable bonds is 1. The van der Waals surface area contributed by atoms with E-state index in [2.05, 4.69) is 83.6 Å². The molecule has 3 atom stereocenters. The summed E-state index contributed by atoms with van der Waals surface area (Å²) in [4.78, 5) is 0. The molecule has 0 fully saturated rings. The number of allylic oxidation sites excluding steroid dienone is 2. The van der Waals surface area contributed by atoms with Gasteiger partial charge in [0.2, 0.25) is 0 Å². The lowest BCUT2D eigenvalue weighted by atomic mass is 9.76. The van der Waals surface area contributed by atoms with E-state index in [0.717, 1.165) is 10.9 Å². The van der Waals surface area contributed by atoms with Crippen molar-refractivity contribution in [3.05, 3.63) is 75.3 Å². The minimum absolute atomic E-state index is 0.391. The molecule has 0 spiro atoms. The van der Waals surface area contributed by atoms with Crippen LogP contribution >= 0.6 is 15.9 Å². The van der Waals surface area contributed by atoms with E-state index in [1.807, 2.05) is 0 Å². The van der Waals surface area contributed by atoms with Gasteiger partial charge in [0.05, 0.1) is 6.04 Å². The lowest BCUT2D eigenvalue weighted by Crippen LogP contribution is -2.29. The van der Waals surface area contributed by atoms with Gasteiger partial charge in [0, 0.05) is 16.1 Å². The van der Waals surface area contributed by atoms with E-state index in [1.54, 1.807) is 0 Å². The van der Waals surface area contributed by atoms with E-state index >= 15 is 0 Å². The summed E-state index contributed by atoms with van der Waals surface area (Å²) in [6, 6.07) is 13.8. The predicted octanol–water partition coefficient (Wildman–Crippen LogP) is 5.89. The van der Waals surface area contributed by atoms with Crippen molar-refractivity contribution >= 4 is 21.6 Å². The molecule has 2 aromatic carbocycles. The minimum Gasteiger partial charge on any atom is -0.377 e. The lowest BCUT2D eigenvalue weighted by Gasteiger charge is -2.38. The number of anilines is 1. The maximum atomic E-state index is 3.84. The van der Waals surface area contributed by atoms with E-state index in [4.69, 9.17) is 0 Å². The van der Waals surface area contributed by atoms with E-state index in [0.29, 0.717) is 17.9 Å². The van der Waals surface area contributed by atoms with Gasteiger partial charge >= 0.3 is 0 Å². The fourth-order valence-corrected chi connectivity index (χ4v) is 4.34. The van der Waals surface area contributed by atoms with Gasteiger partial charge < -0.3 is 5.32 Å². The highest BCUT2D eigenvalue weighted by atomic mass is 79.9. The standard InChI is InChI=1S/C20H20BrN/c1-12-10-13(2)19-18(11-12)16-4-3-5-17(16)20(22-19)14-6-8-15(21)9-7-14/h3-4,6-11,16-17,20,22H,5H2,1-2H3. The smallest absolute Gasteiger partial charge is 0.0554 e. The quantitative estimate of drug-likeness (QED) is 0.630. The minimum atomic E-state index is 0.391. The number of hydrogen-bond donors (Lipinski definition) is 1. The number of halogens is 1. The van der Waals surface area contributed by atoms with Gasteiger partial charge in [-0.25, -0.2) is 0 Å². The molecule has 1 N–H and O–H groups in total. The number of fused-ring (bicyclic) bond motifs is 3. The molecule has 1 nitrogen and oxygen atoms in total. The van der Waals surface area contributed by atoms with Crippen molar-refractivity contribution in [2.45, 2.75) is 32.2 Å². The monoisotopic (exact) mass is 353 g/mol. The molecular weight excluding hydrogens is 334 g/mol. The van der Waals surface area contributed by atoms with Crippen LogP contribution in [0.1, 0.15) is 40.6 Å². The molecule has 1 aliphatic heterocycles. The Balaban J connectivity index is 1.82. The van der Waals surface area contributed by atoms with Crippen LogP contribution in [0.4, 0.5) is 5.69 Å². The first-order valence-corrected chi connectivity index (χ1v) is 8.72. The molecule has 2 aromatic rings. The average Bonchev–Trinajstić information content (AvgIpc) is 2.97. The number of hydrogen-bond acceptors (Lipinski definition) is 1. The summed E-state index contributed by atoms with van der Waals surface area (Å²) in [7, 11) is 0. The van der Waals surface area contributed by atoms with E-state index in [9.17, 15) is 0 Å². The Morgan fingerprint density at radius 1 is 1.09 bits per heavy atom. The largest absolute Gasteiger partial charge is 0.377 e. The molecule has 2 aliphatic rings. The summed E-state index contributed by atoms with van der Waals surface area (Å²) in [5, 5.41) is 3.84. The number of nitrogens with one attached hydrogen (secondary N) is 1. The SMILES string of the molecule is Cc1cc(C)c2c(c1)C1C=CCC1C(c1ccc(Br)cc1)N2. The van der Waals surface area contributed by atoms with Gasteiger partial charge in [-0.1, -0.05) is 57.9 Å². The van der Waals surface area contributed by atoms with Gasteiger partial charge in [-0.05, 0) is 55.0 Å². The molecule has 4 rings (SSSR count). The second kappa shape index (κ2) is 5.27. The van der Waals surface area contributed by atoms with Crippen LogP contribution in [0.5, 0.6) is 0 Å². The molecule has 0 amide bonds. The van der Waals surface area contributed by atoms with Gasteiger partial charge in [0.15, 0.2) is 0 Å². The van der Waals surface area contributed by atoms with Crippen molar-refractivity contribution in [3.8, 4) is 0 Å². The highest BCUT2D eigenvalue weighted by molar-refractivity contribution is 9.10. The van der Waals surface area contributed by atoms with Gasteiger partial charge in [-0.2, -0.15) is 0 Å². The molecule has 2 heteroatoms. The molecule has 0 aromatic heterocycles. The maximum absolute atomic E-state index is 3.84. The summed E-state index contributed by atoms with van der Waals surface area (Å²) in [5.74, 6) is 1.17. The first kappa shape index (κ1) is 14.1. The topological polar surface area (TPSA) is 12.0 Å². The Labute approximate surface area is 140 Å². The summed E-state index contributed by atoms with van der Waals surface area (Å²) < 4.78 is 1.14. The normalized spacial score (nSPS) is 25.5. The highest BCUT2D eigenvalue weighted by Gasteiger charge is 2.38. The Bertz CT molecular complexity index is 745. The van der Waals surface area contributed by atoms with Gasteiger partial charge in [-0.15, -0.1) is 0 Å². The van der Waals surface area contributed by atoms with Crippen LogP contribution in [0.2, 0.25) is 0 Å². The van der Waals surface area contributed by atoms with Crippen molar-refractivity contribution in [3.63, 3.8) is 0 Å². The maximum Gasteiger partial charge on any atom is 0.0554 e. The van der Waals surface area contributed by atoms with Crippen LogP contribution < -0.4 is 5.32 Å². The fraction of sp³-hybridized carbons (Fsp3) is 0.300. The third-order valence-corrected chi connectivity index (χ3v) is 5.57. The average molecular weight is 354 g/mol. The van der Waals surface area contributed by atoms with Gasteiger partial charge in [0.25, 0.3) is 0 Å². The van der Waals surface area contributed by atoms with Crippen molar-refractivity contribution < 1.29 is 0 Å². The zero-order chi connectivity index (χ0) is 15.3. The molecule has 0 radical (unpaired) electrons. The van der Waals surface area contributed by atoms with Crippen LogP contribution in [0.15, 0.2) is 53.0 Å². The fourth-order valence-electron chi connectivity index (χ4n) is 4.07. The number of benzene rings is 2. The molecule has 1 heterocycles. The van der Waals surface area contributed by atoms with Crippen molar-refractivity contribution in [2.75, 3.05) is 5.32 Å². The van der Waals surface area contributed by atoms with Crippen LogP contribution in [-0.2, 0) is 0 Å². The molecule has 0 bridgehead atoms. The van der Waals surface area contributed by atoms with Crippen LogP contribution in [0.3, 0.4) is 0 Å². The third-order valence-electron chi connectivity index (χ3n) is 5.04. The first-order valence-electron chi connectivity index (χ1n) is 7.93. The molecule has 112 valence electrons. The van der Waals surface area contributed by atoms with Crippen LogP contribution in [-0.4, -0.2) is 0 Å². The Kier molecular flexibility index (Phi) is 3.37. The Morgan fingerprint density at radius 2 is 1.86 bits per heavy atom. The van der Waals surface area contributed by atoms with E-state index in [-0.39, 0.29) is 0 Å². The first-order chi connectivity index (χ1) is 10.6. The Morgan fingerprint density at radius 3 is 2.64 bits per heavy atom. The molecular formula is C20H20BrN.